The summed E-state index contributed by atoms with van der Waals surface area (Å²) in [5.74, 6) is 0.246. The molecule has 2 nitrogen and oxygen atoms in total. The maximum absolute atomic E-state index is 12.1. The van der Waals surface area contributed by atoms with Crippen molar-refractivity contribution in [3.63, 3.8) is 0 Å². The van der Waals surface area contributed by atoms with Gasteiger partial charge in [-0.3, -0.25) is 0 Å². The molecule has 0 bridgehead atoms. The van der Waals surface area contributed by atoms with Crippen LogP contribution in [0.4, 0.5) is 0 Å². The summed E-state index contributed by atoms with van der Waals surface area (Å²) in [5.41, 5.74) is 0. The van der Waals surface area contributed by atoms with Crippen LogP contribution >= 0.6 is 0 Å². The van der Waals surface area contributed by atoms with E-state index < -0.39 is 20.2 Å². The molecule has 0 saturated heterocycles. The molecule has 17 heavy (non-hydrogen) atoms. The molecule has 0 amide bonds. The molecule has 0 aromatic carbocycles. The summed E-state index contributed by atoms with van der Waals surface area (Å²) >= 11 is -2.13. The molecule has 0 spiro atoms. The predicted octanol–water partition coefficient (Wildman–Crippen LogP) is 4.29. The summed E-state index contributed by atoms with van der Waals surface area (Å²) in [4.78, 5) is 12.1. The van der Waals surface area contributed by atoms with E-state index in [0.717, 1.165) is 25.7 Å². The first-order valence-electron chi connectivity index (χ1n) is 7.14. The van der Waals surface area contributed by atoms with E-state index in [0.29, 0.717) is 7.87 Å². The molecular weight excluding hydrogens is 319 g/mol. The van der Waals surface area contributed by atoms with Gasteiger partial charge in [0.05, 0.1) is 0 Å². The van der Waals surface area contributed by atoms with Crippen molar-refractivity contribution in [2.75, 3.05) is 0 Å². The number of hydrogen-bond donors (Lipinski definition) is 0. The second kappa shape index (κ2) is 9.23. The second-order valence-electron chi connectivity index (χ2n) is 5.64. The number of carbonyl (C=O) groups excluding carboxylic acids is 1. The summed E-state index contributed by atoms with van der Waals surface area (Å²) < 4.78 is 7.10. The Morgan fingerprint density at radius 1 is 1.12 bits per heavy atom. The Labute approximate surface area is 115 Å². The predicted molar refractivity (Wildman–Crippen MR) is 76.7 cm³/mol. The molecule has 0 aliphatic rings. The third-order valence-electron chi connectivity index (χ3n) is 3.30. The van der Waals surface area contributed by atoms with Gasteiger partial charge in [0.1, 0.15) is 0 Å². The molecule has 1 unspecified atom stereocenters. The molecule has 0 aromatic heterocycles. The molecule has 102 valence electrons. The van der Waals surface area contributed by atoms with Crippen molar-refractivity contribution in [1.29, 1.82) is 0 Å². The Bertz CT molecular complexity index is 206. The monoisotopic (exact) mass is 350 g/mol. The fourth-order valence-corrected chi connectivity index (χ4v) is 9.47. The molecule has 0 radical (unpaired) electrons. The van der Waals surface area contributed by atoms with Crippen LogP contribution in [0.1, 0.15) is 67.2 Å². The average Bonchev–Trinajstić information content (AvgIpc) is 2.26. The van der Waals surface area contributed by atoms with Crippen molar-refractivity contribution in [3.05, 3.63) is 0 Å². The average molecular weight is 349 g/mol. The van der Waals surface area contributed by atoms with Crippen LogP contribution in [0, 0.1) is 5.92 Å². The van der Waals surface area contributed by atoms with Crippen LogP contribution in [0.5, 0.6) is 0 Å². The van der Waals surface area contributed by atoms with Crippen molar-refractivity contribution in [2.45, 2.75) is 75.1 Å². The first kappa shape index (κ1) is 17.3. The van der Waals surface area contributed by atoms with Gasteiger partial charge in [0.2, 0.25) is 0 Å². The number of carbonyl (C=O) groups is 1. The molecule has 1 atom stereocenters. The van der Waals surface area contributed by atoms with E-state index in [4.69, 9.17) is 3.07 Å². The van der Waals surface area contributed by atoms with Crippen LogP contribution in [-0.2, 0) is 7.87 Å². The summed E-state index contributed by atoms with van der Waals surface area (Å²) in [6.45, 7) is 13.1. The van der Waals surface area contributed by atoms with Crippen molar-refractivity contribution in [3.8, 4) is 0 Å². The molecule has 0 aliphatic heterocycles. The topological polar surface area (TPSA) is 26.3 Å². The Morgan fingerprint density at radius 2 is 1.65 bits per heavy atom. The van der Waals surface area contributed by atoms with E-state index in [2.05, 4.69) is 41.5 Å². The maximum atomic E-state index is 12.1. The normalized spacial score (nSPS) is 13.5. The van der Waals surface area contributed by atoms with Crippen LogP contribution in [0.15, 0.2) is 0 Å². The number of hydrogen-bond acceptors (Lipinski definition) is 2. The van der Waals surface area contributed by atoms with Gasteiger partial charge in [0.15, 0.2) is 0 Å². The van der Waals surface area contributed by atoms with Crippen molar-refractivity contribution in [2.24, 2.45) is 5.92 Å². The molecule has 0 aliphatic carbocycles. The molecule has 0 fully saturated rings. The Kier molecular flexibility index (Phi) is 9.38. The van der Waals surface area contributed by atoms with E-state index in [1.165, 1.54) is 0 Å². The third kappa shape index (κ3) is 6.68. The Hall–Kier alpha value is 0.269. The minimum absolute atomic E-state index is 0.101. The third-order valence-corrected chi connectivity index (χ3v) is 12.2. The molecule has 0 rings (SSSR count). The zero-order valence-electron chi connectivity index (χ0n) is 12.5. The fraction of sp³-hybridized carbons (Fsp3) is 0.929. The van der Waals surface area contributed by atoms with Gasteiger partial charge in [-0.15, -0.1) is 0 Å². The minimum atomic E-state index is -2.13. The van der Waals surface area contributed by atoms with Crippen molar-refractivity contribution in [1.82, 2.24) is 0 Å². The van der Waals surface area contributed by atoms with Crippen LogP contribution in [0.2, 0.25) is 7.87 Å². The van der Waals surface area contributed by atoms with Crippen LogP contribution in [0.25, 0.3) is 0 Å². The van der Waals surface area contributed by atoms with Gasteiger partial charge in [-0.05, 0) is 0 Å². The molecule has 0 aromatic rings. The van der Waals surface area contributed by atoms with Gasteiger partial charge in [-0.25, -0.2) is 0 Å². The molecule has 0 N–H and O–H groups in total. The number of unbranched alkanes of at least 4 members (excludes halogenated alkanes) is 1. The van der Waals surface area contributed by atoms with Gasteiger partial charge in [0, 0.05) is 0 Å². The second-order valence-corrected chi connectivity index (χ2v) is 16.6. The van der Waals surface area contributed by atoms with Gasteiger partial charge in [-0.1, -0.05) is 0 Å². The fourth-order valence-electron chi connectivity index (χ4n) is 2.21. The zero-order valence-corrected chi connectivity index (χ0v) is 15.7. The molecule has 3 heteroatoms. The number of rotatable bonds is 8. The van der Waals surface area contributed by atoms with Gasteiger partial charge >= 0.3 is 115 Å². The van der Waals surface area contributed by atoms with E-state index in [1.807, 2.05) is 0 Å². The van der Waals surface area contributed by atoms with Crippen LogP contribution in [0.3, 0.4) is 0 Å². The van der Waals surface area contributed by atoms with Crippen LogP contribution in [-0.4, -0.2) is 26.1 Å². The summed E-state index contributed by atoms with van der Waals surface area (Å²) in [6.07, 6.45) is 4.22. The van der Waals surface area contributed by atoms with Gasteiger partial charge < -0.3 is 0 Å². The Balaban J connectivity index is 4.36. The summed E-state index contributed by atoms with van der Waals surface area (Å²) in [5, 5.41) is 0. The first-order chi connectivity index (χ1) is 7.93. The van der Waals surface area contributed by atoms with E-state index in [9.17, 15) is 4.79 Å². The quantitative estimate of drug-likeness (QED) is 0.611. The van der Waals surface area contributed by atoms with Gasteiger partial charge in [0.25, 0.3) is 0 Å². The van der Waals surface area contributed by atoms with Crippen molar-refractivity contribution >= 4 is 26.1 Å². The standard InChI is InChI=1S/C8H16O2.2C3H7.Sn.H/c1-3-5-6-7(4-2)8(9)10;2*1-3-2;;/h7H,3-6H2,1-2H3,(H,9,10);2*3H,1-2H3;;/q;;;+1;/p-1. The van der Waals surface area contributed by atoms with E-state index in [-0.39, 0.29) is 11.9 Å². The molecule has 0 saturated carbocycles. The summed E-state index contributed by atoms with van der Waals surface area (Å²) in [7, 11) is 0. The molecule has 0 heterocycles. The first-order valence-corrected chi connectivity index (χ1v) is 12.3. The van der Waals surface area contributed by atoms with Gasteiger partial charge in [-0.2, -0.15) is 0 Å². The van der Waals surface area contributed by atoms with E-state index in [1.54, 1.807) is 0 Å². The van der Waals surface area contributed by atoms with Crippen LogP contribution < -0.4 is 0 Å². The van der Waals surface area contributed by atoms with E-state index >= 15 is 0 Å². The zero-order chi connectivity index (χ0) is 13.4. The molecular formula is C14H30O2Sn. The summed E-state index contributed by atoms with van der Waals surface area (Å²) in [6, 6.07) is 0. The Morgan fingerprint density at radius 3 is 2.00 bits per heavy atom. The SMILES string of the molecule is CCCCC(CC)C(=O)[O][SnH]([CH](C)C)[CH](C)C. The van der Waals surface area contributed by atoms with Crippen molar-refractivity contribution < 1.29 is 7.87 Å².